The summed E-state index contributed by atoms with van der Waals surface area (Å²) in [5.74, 6) is 0.649. The number of nitrogens with zero attached hydrogens (tertiary/aromatic N) is 5. The van der Waals surface area contributed by atoms with Crippen molar-refractivity contribution in [3.05, 3.63) is 63.5 Å². The molecule has 0 unspecified atom stereocenters. The second kappa shape index (κ2) is 12.1. The van der Waals surface area contributed by atoms with Crippen LogP contribution in [0.25, 0.3) is 22.3 Å². The molecule has 0 bridgehead atoms. The number of likely N-dealkylation sites (N-methyl/N-ethyl adjacent to an activating group) is 1. The van der Waals surface area contributed by atoms with Gasteiger partial charge in [0.05, 0.1) is 17.8 Å². The Hall–Kier alpha value is -4.18. The summed E-state index contributed by atoms with van der Waals surface area (Å²) >= 11 is 6.74. The van der Waals surface area contributed by atoms with E-state index < -0.39 is 5.60 Å². The first kappa shape index (κ1) is 31.3. The van der Waals surface area contributed by atoms with Crippen molar-refractivity contribution >= 4 is 35.1 Å². The van der Waals surface area contributed by atoms with Crippen molar-refractivity contribution in [2.75, 3.05) is 63.2 Å². The molecular weight excluding hydrogens is 582 g/mol. The normalized spacial score (nSPS) is 15.7. The van der Waals surface area contributed by atoms with Crippen molar-refractivity contribution in [1.29, 1.82) is 0 Å². The predicted octanol–water partition coefficient (Wildman–Crippen LogP) is 5.62. The number of halogens is 1. The number of carbonyl (C=O) groups excluding carboxylic acids is 2. The van der Waals surface area contributed by atoms with Crippen LogP contribution in [-0.4, -0.2) is 85.5 Å². The fraction of sp³-hybridized carbons (Fsp3) is 0.424. The minimum absolute atomic E-state index is 0.0770. The maximum Gasteiger partial charge on any atom is 0.410 e. The Balaban J connectivity index is 1.48. The van der Waals surface area contributed by atoms with Gasteiger partial charge < -0.3 is 28.7 Å². The smallest absolute Gasteiger partial charge is 0.410 e. The lowest BCUT2D eigenvalue weighted by Crippen LogP contribution is -2.51. The lowest BCUT2D eigenvalue weighted by molar-refractivity contribution is 0.0240. The number of urea groups is 1. The molecule has 2 aromatic carbocycles. The van der Waals surface area contributed by atoms with Crippen LogP contribution in [0, 0.1) is 6.92 Å². The fourth-order valence-electron chi connectivity index (χ4n) is 5.71. The molecule has 0 saturated carbocycles. The van der Waals surface area contributed by atoms with Crippen molar-refractivity contribution in [2.45, 2.75) is 33.3 Å². The third-order valence-electron chi connectivity index (χ3n) is 7.95. The fourth-order valence-corrected chi connectivity index (χ4v) is 5.99. The molecule has 0 N–H and O–H groups in total. The molecule has 2 fully saturated rings. The zero-order chi connectivity index (χ0) is 31.9. The summed E-state index contributed by atoms with van der Waals surface area (Å²) in [5.41, 5.74) is 4.92. The topological polar surface area (TPSA) is 87.6 Å². The van der Waals surface area contributed by atoms with Gasteiger partial charge in [0.25, 0.3) is 5.56 Å². The van der Waals surface area contributed by atoms with Gasteiger partial charge >= 0.3 is 12.1 Å². The average Bonchev–Trinajstić information content (AvgIpc) is 3.30. The third kappa shape index (κ3) is 6.22. The van der Waals surface area contributed by atoms with Crippen molar-refractivity contribution < 1.29 is 19.1 Å². The molecule has 2 saturated heterocycles. The zero-order valence-electron chi connectivity index (χ0n) is 26.4. The Morgan fingerprint density at radius 2 is 1.52 bits per heavy atom. The van der Waals surface area contributed by atoms with E-state index in [-0.39, 0.29) is 17.7 Å². The molecule has 5 rings (SSSR count). The highest BCUT2D eigenvalue weighted by Crippen LogP contribution is 2.42. The molecule has 2 aliphatic rings. The third-order valence-corrected chi connectivity index (χ3v) is 8.25. The maximum absolute atomic E-state index is 13.3. The predicted molar refractivity (Wildman–Crippen MR) is 174 cm³/mol. The van der Waals surface area contributed by atoms with Gasteiger partial charge in [-0.2, -0.15) is 0 Å². The first-order chi connectivity index (χ1) is 20.8. The quantitative estimate of drug-likeness (QED) is 0.368. The molecule has 3 heterocycles. The van der Waals surface area contributed by atoms with Crippen molar-refractivity contribution in [3.63, 3.8) is 0 Å². The molecule has 11 heteroatoms. The van der Waals surface area contributed by atoms with E-state index in [4.69, 9.17) is 21.1 Å². The van der Waals surface area contributed by atoms with Crippen LogP contribution in [0.1, 0.15) is 26.3 Å². The summed E-state index contributed by atoms with van der Waals surface area (Å²) in [6.07, 6.45) is 1.47. The first-order valence-electron chi connectivity index (χ1n) is 14.7. The van der Waals surface area contributed by atoms with E-state index in [9.17, 15) is 14.4 Å². The van der Waals surface area contributed by atoms with E-state index in [1.807, 2.05) is 75.2 Å². The van der Waals surface area contributed by atoms with Crippen molar-refractivity contribution in [1.82, 2.24) is 14.4 Å². The average molecular weight is 622 g/mol. The van der Waals surface area contributed by atoms with Gasteiger partial charge in [-0.05, 0) is 69.2 Å². The summed E-state index contributed by atoms with van der Waals surface area (Å²) in [7, 11) is 5.15. The van der Waals surface area contributed by atoms with Gasteiger partial charge in [-0.1, -0.05) is 17.7 Å². The molecule has 0 atom stereocenters. The monoisotopic (exact) mass is 621 g/mol. The van der Waals surface area contributed by atoms with Gasteiger partial charge in [0.15, 0.2) is 0 Å². The van der Waals surface area contributed by atoms with Crippen LogP contribution < -0.4 is 20.1 Å². The van der Waals surface area contributed by atoms with E-state index in [1.54, 1.807) is 40.5 Å². The second-order valence-corrected chi connectivity index (χ2v) is 12.8. The Morgan fingerprint density at radius 3 is 2.09 bits per heavy atom. The van der Waals surface area contributed by atoms with E-state index in [0.29, 0.717) is 61.4 Å². The number of benzene rings is 2. The standard InChI is InChI=1S/C33H40ClN5O5/c1-21-16-24(22-8-9-27(26(34)18-22)39-15-10-35(5)31(39)41)29(43-7)25(17-21)23-19-28(30(40)36(6)20-23)37-11-13-38(14-12-37)32(42)44-33(2,3)4/h8-9,16-20H,10-15H2,1-7H3. The van der Waals surface area contributed by atoms with Crippen LogP contribution in [0.5, 0.6) is 5.75 Å². The molecule has 3 aromatic rings. The van der Waals surface area contributed by atoms with E-state index in [2.05, 4.69) is 0 Å². The van der Waals surface area contributed by atoms with Crippen LogP contribution in [-0.2, 0) is 11.8 Å². The van der Waals surface area contributed by atoms with Gasteiger partial charge in [-0.3, -0.25) is 9.69 Å². The summed E-state index contributed by atoms with van der Waals surface area (Å²) in [5, 5.41) is 0.478. The molecule has 3 amide bonds. The SMILES string of the molecule is COc1c(-c2ccc(N3CCN(C)C3=O)c(Cl)c2)cc(C)cc1-c1cc(N2CCN(C(=O)OC(C)(C)C)CC2)c(=O)n(C)c1. The molecule has 10 nitrogen and oxygen atoms in total. The van der Waals surface area contributed by atoms with Crippen LogP contribution >= 0.6 is 11.6 Å². The number of ether oxygens (including phenoxy) is 2. The lowest BCUT2D eigenvalue weighted by atomic mass is 9.95. The van der Waals surface area contributed by atoms with Gasteiger partial charge in [0.1, 0.15) is 17.0 Å². The van der Waals surface area contributed by atoms with Gasteiger partial charge in [0.2, 0.25) is 0 Å². The number of aryl methyl sites for hydroxylation is 2. The molecule has 0 spiro atoms. The Kier molecular flexibility index (Phi) is 8.57. The van der Waals surface area contributed by atoms with E-state index in [1.165, 1.54) is 0 Å². The van der Waals surface area contributed by atoms with Gasteiger partial charge in [0, 0.05) is 76.3 Å². The zero-order valence-corrected chi connectivity index (χ0v) is 27.2. The molecule has 234 valence electrons. The Bertz CT molecular complexity index is 1660. The summed E-state index contributed by atoms with van der Waals surface area (Å²) in [6, 6.07) is 11.6. The molecular formula is C33H40ClN5O5. The molecule has 0 aliphatic carbocycles. The number of amides is 3. The minimum atomic E-state index is -0.568. The van der Waals surface area contributed by atoms with Crippen LogP contribution in [0.15, 0.2) is 47.4 Å². The van der Waals surface area contributed by atoms with Crippen molar-refractivity contribution in [2.24, 2.45) is 7.05 Å². The van der Waals surface area contributed by atoms with Crippen LogP contribution in [0.2, 0.25) is 5.02 Å². The van der Waals surface area contributed by atoms with Crippen LogP contribution in [0.3, 0.4) is 0 Å². The van der Waals surface area contributed by atoms with Gasteiger partial charge in [-0.15, -0.1) is 0 Å². The minimum Gasteiger partial charge on any atom is -0.495 e. The Morgan fingerprint density at radius 1 is 0.864 bits per heavy atom. The number of rotatable bonds is 5. The lowest BCUT2D eigenvalue weighted by Gasteiger charge is -2.36. The summed E-state index contributed by atoms with van der Waals surface area (Å²) in [4.78, 5) is 45.5. The summed E-state index contributed by atoms with van der Waals surface area (Å²) in [6.45, 7) is 10.7. The number of aromatic nitrogens is 1. The maximum atomic E-state index is 13.3. The highest BCUT2D eigenvalue weighted by Gasteiger charge is 2.29. The number of pyridine rings is 1. The second-order valence-electron chi connectivity index (χ2n) is 12.4. The number of methoxy groups -OCH3 is 1. The number of carbonyl (C=O) groups is 2. The molecule has 0 radical (unpaired) electrons. The summed E-state index contributed by atoms with van der Waals surface area (Å²) < 4.78 is 13.1. The number of anilines is 2. The number of hydrogen-bond acceptors (Lipinski definition) is 6. The highest BCUT2D eigenvalue weighted by molar-refractivity contribution is 6.34. The number of piperazine rings is 1. The molecule has 2 aliphatic heterocycles. The molecule has 44 heavy (non-hydrogen) atoms. The number of hydrogen-bond donors (Lipinski definition) is 0. The van der Waals surface area contributed by atoms with Crippen LogP contribution in [0.4, 0.5) is 21.0 Å². The largest absolute Gasteiger partial charge is 0.495 e. The van der Waals surface area contributed by atoms with Gasteiger partial charge in [-0.25, -0.2) is 9.59 Å². The highest BCUT2D eigenvalue weighted by atomic mass is 35.5. The van der Waals surface area contributed by atoms with Crippen molar-refractivity contribution in [3.8, 4) is 28.0 Å². The van der Waals surface area contributed by atoms with E-state index >= 15 is 0 Å². The Labute approximate surface area is 263 Å². The first-order valence-corrected chi connectivity index (χ1v) is 15.1. The van der Waals surface area contributed by atoms with E-state index in [0.717, 1.165) is 27.8 Å². The molecule has 1 aromatic heterocycles.